The summed E-state index contributed by atoms with van der Waals surface area (Å²) in [5.74, 6) is 2.86. The Hall–Kier alpha value is -4.46. The maximum absolute atomic E-state index is 13.6. The number of fused-ring (bicyclic) bond motifs is 2. The van der Waals surface area contributed by atoms with Crippen LogP contribution in [0.5, 0.6) is 17.2 Å². The summed E-state index contributed by atoms with van der Waals surface area (Å²) < 4.78 is 22.2. The van der Waals surface area contributed by atoms with Gasteiger partial charge in [0.25, 0.3) is 5.91 Å². The zero-order valence-corrected chi connectivity index (χ0v) is 20.0. The molecule has 0 fully saturated rings. The zero-order chi connectivity index (χ0) is 24.6. The second-order valence-corrected chi connectivity index (χ2v) is 8.87. The molecule has 0 bridgehead atoms. The summed E-state index contributed by atoms with van der Waals surface area (Å²) in [6.45, 7) is 4.77. The van der Waals surface area contributed by atoms with Gasteiger partial charge in [0, 0.05) is 12.2 Å². The summed E-state index contributed by atoms with van der Waals surface area (Å²) in [4.78, 5) is 15.4. The van der Waals surface area contributed by atoms with E-state index in [2.05, 4.69) is 10.5 Å². The Kier molecular flexibility index (Phi) is 5.48. The number of ether oxygens (including phenoxy) is 3. The largest absolute Gasteiger partial charge is 0.489 e. The molecule has 36 heavy (non-hydrogen) atoms. The van der Waals surface area contributed by atoms with Crippen molar-refractivity contribution in [2.24, 2.45) is 0 Å². The summed E-state index contributed by atoms with van der Waals surface area (Å²) >= 11 is 0. The molecule has 2 aliphatic heterocycles. The summed E-state index contributed by atoms with van der Waals surface area (Å²) in [6, 6.07) is 21.1. The van der Waals surface area contributed by atoms with E-state index in [4.69, 9.17) is 18.7 Å². The van der Waals surface area contributed by atoms with Gasteiger partial charge in [-0.15, -0.1) is 0 Å². The molecular formula is C28H25N3O5. The molecule has 0 aliphatic carbocycles. The Morgan fingerprint density at radius 1 is 1.03 bits per heavy atom. The molecule has 3 aromatic carbocycles. The normalized spacial score (nSPS) is 16.0. The number of carbonyl (C=O) groups is 1. The van der Waals surface area contributed by atoms with Crippen molar-refractivity contribution in [1.82, 2.24) is 10.1 Å². The highest BCUT2D eigenvalue weighted by Crippen LogP contribution is 2.37. The van der Waals surface area contributed by atoms with Gasteiger partial charge in [0.2, 0.25) is 6.79 Å². The van der Waals surface area contributed by atoms with Crippen molar-refractivity contribution in [2.45, 2.75) is 33.2 Å². The van der Waals surface area contributed by atoms with Crippen LogP contribution in [0.25, 0.3) is 0 Å². The third-order valence-electron chi connectivity index (χ3n) is 6.57. The highest BCUT2D eigenvalue weighted by molar-refractivity contribution is 6.01. The van der Waals surface area contributed by atoms with E-state index < -0.39 is 0 Å². The molecule has 0 spiro atoms. The van der Waals surface area contributed by atoms with Crippen LogP contribution in [0.15, 0.2) is 71.3 Å². The minimum absolute atomic E-state index is 0.0363. The van der Waals surface area contributed by atoms with Crippen LogP contribution < -0.4 is 19.5 Å². The topological polar surface area (TPSA) is 86.1 Å². The van der Waals surface area contributed by atoms with Gasteiger partial charge in [0.15, 0.2) is 11.5 Å². The van der Waals surface area contributed by atoms with Crippen LogP contribution in [0.3, 0.4) is 0 Å². The molecule has 0 radical (unpaired) electrons. The van der Waals surface area contributed by atoms with Gasteiger partial charge in [0.1, 0.15) is 24.3 Å². The zero-order valence-electron chi connectivity index (χ0n) is 20.0. The average molecular weight is 484 g/mol. The molecule has 182 valence electrons. The molecule has 1 amide bonds. The van der Waals surface area contributed by atoms with Crippen LogP contribution in [-0.2, 0) is 13.2 Å². The second kappa shape index (κ2) is 8.96. The number of hydrogen-bond acceptors (Lipinski definition) is 7. The fraction of sp³-hybridized carbons (Fsp3) is 0.214. The molecule has 0 unspecified atom stereocenters. The third-order valence-corrected chi connectivity index (χ3v) is 6.57. The molecule has 3 heterocycles. The first-order chi connectivity index (χ1) is 17.6. The smallest absolute Gasteiger partial charge is 0.258 e. The van der Waals surface area contributed by atoms with E-state index >= 15 is 0 Å². The van der Waals surface area contributed by atoms with Crippen molar-refractivity contribution in [2.75, 3.05) is 12.1 Å². The summed E-state index contributed by atoms with van der Waals surface area (Å²) in [7, 11) is 0. The average Bonchev–Trinajstić information content (AvgIpc) is 3.50. The van der Waals surface area contributed by atoms with Crippen LogP contribution in [0.4, 0.5) is 5.69 Å². The van der Waals surface area contributed by atoms with Crippen molar-refractivity contribution < 1.29 is 23.5 Å². The van der Waals surface area contributed by atoms with Gasteiger partial charge in [-0.3, -0.25) is 4.79 Å². The van der Waals surface area contributed by atoms with Crippen molar-refractivity contribution in [3.63, 3.8) is 0 Å². The van der Waals surface area contributed by atoms with Gasteiger partial charge >= 0.3 is 0 Å². The molecule has 6 rings (SSSR count). The van der Waals surface area contributed by atoms with E-state index in [1.54, 1.807) is 0 Å². The van der Waals surface area contributed by atoms with Crippen LogP contribution >= 0.6 is 0 Å². The van der Waals surface area contributed by atoms with Crippen LogP contribution in [-0.4, -0.2) is 22.8 Å². The Morgan fingerprint density at radius 3 is 2.64 bits per heavy atom. The van der Waals surface area contributed by atoms with E-state index in [9.17, 15) is 4.79 Å². The van der Waals surface area contributed by atoms with E-state index in [-0.39, 0.29) is 18.9 Å². The number of para-hydroxylation sites is 1. The standard InChI is InChI=1S/C28H25N3O5/c1-17-23(18(2)36-30-17)15-33-21-10-8-20(9-11-21)27-29-24-6-4-3-5-22(24)28(32)31(27)14-19-7-12-25-26(13-19)35-16-34-25/h3-13,27,29H,14-16H2,1-2H3/t27-/m0/s1. The molecule has 4 aromatic rings. The lowest BCUT2D eigenvalue weighted by Gasteiger charge is -2.38. The number of rotatable bonds is 6. The number of amides is 1. The van der Waals surface area contributed by atoms with Gasteiger partial charge in [-0.25, -0.2) is 0 Å². The Balaban J connectivity index is 1.26. The molecule has 1 N–H and O–H groups in total. The van der Waals surface area contributed by atoms with Gasteiger partial charge < -0.3 is 29.0 Å². The predicted molar refractivity (Wildman–Crippen MR) is 132 cm³/mol. The monoisotopic (exact) mass is 483 g/mol. The first kappa shape index (κ1) is 22.0. The van der Waals surface area contributed by atoms with E-state index in [0.717, 1.165) is 45.3 Å². The SMILES string of the molecule is Cc1noc(C)c1COc1ccc([C@H]2Nc3ccccc3C(=O)N2Cc2ccc3c(c2)OCO3)cc1. The first-order valence-corrected chi connectivity index (χ1v) is 11.8. The highest BCUT2D eigenvalue weighted by Gasteiger charge is 2.33. The van der Waals surface area contributed by atoms with Crippen molar-refractivity contribution >= 4 is 11.6 Å². The first-order valence-electron chi connectivity index (χ1n) is 11.8. The molecule has 8 nitrogen and oxygen atoms in total. The number of nitrogens with one attached hydrogen (secondary N) is 1. The Bertz CT molecular complexity index is 1410. The molecule has 0 saturated carbocycles. The van der Waals surface area contributed by atoms with Crippen molar-refractivity contribution in [1.29, 1.82) is 0 Å². The Morgan fingerprint density at radius 2 is 1.83 bits per heavy atom. The highest BCUT2D eigenvalue weighted by atomic mass is 16.7. The summed E-state index contributed by atoms with van der Waals surface area (Å²) in [6.07, 6.45) is -0.352. The quantitative estimate of drug-likeness (QED) is 0.395. The number of benzene rings is 3. The van der Waals surface area contributed by atoms with Crippen molar-refractivity contribution in [3.05, 3.63) is 100 Å². The maximum atomic E-state index is 13.6. The fourth-order valence-corrected chi connectivity index (χ4v) is 4.56. The van der Waals surface area contributed by atoms with E-state index in [1.807, 2.05) is 85.5 Å². The molecule has 0 saturated heterocycles. The fourth-order valence-electron chi connectivity index (χ4n) is 4.56. The lowest BCUT2D eigenvalue weighted by Crippen LogP contribution is -2.42. The van der Waals surface area contributed by atoms with Crippen LogP contribution in [0.2, 0.25) is 0 Å². The van der Waals surface area contributed by atoms with E-state index in [1.165, 1.54) is 0 Å². The number of hydrogen-bond donors (Lipinski definition) is 1. The third kappa shape index (κ3) is 4.00. The van der Waals surface area contributed by atoms with Crippen LogP contribution in [0.1, 0.15) is 44.7 Å². The maximum Gasteiger partial charge on any atom is 0.258 e. The van der Waals surface area contributed by atoms with Gasteiger partial charge in [0.05, 0.1) is 16.8 Å². The Labute approximate surface area is 208 Å². The number of carbonyl (C=O) groups excluding carboxylic acids is 1. The minimum Gasteiger partial charge on any atom is -0.489 e. The number of anilines is 1. The number of aryl methyl sites for hydroxylation is 2. The number of nitrogens with zero attached hydrogens (tertiary/aromatic N) is 2. The van der Waals surface area contributed by atoms with Crippen molar-refractivity contribution in [3.8, 4) is 17.2 Å². The summed E-state index contributed by atoms with van der Waals surface area (Å²) in [5, 5.41) is 7.52. The lowest BCUT2D eigenvalue weighted by atomic mass is 10.0. The molecular weight excluding hydrogens is 458 g/mol. The van der Waals surface area contributed by atoms with Gasteiger partial charge in [-0.2, -0.15) is 0 Å². The lowest BCUT2D eigenvalue weighted by molar-refractivity contribution is 0.0666. The molecule has 8 heteroatoms. The predicted octanol–water partition coefficient (Wildman–Crippen LogP) is 5.37. The molecule has 1 atom stereocenters. The second-order valence-electron chi connectivity index (χ2n) is 8.87. The van der Waals surface area contributed by atoms with Gasteiger partial charge in [-0.05, 0) is 61.4 Å². The summed E-state index contributed by atoms with van der Waals surface area (Å²) in [5.41, 5.74) is 5.14. The molecule has 1 aromatic heterocycles. The minimum atomic E-state index is -0.352. The molecule has 2 aliphatic rings. The van der Waals surface area contributed by atoms with Gasteiger partial charge in [-0.1, -0.05) is 35.5 Å². The number of aromatic nitrogens is 1. The van der Waals surface area contributed by atoms with Crippen LogP contribution in [0, 0.1) is 13.8 Å². The van der Waals surface area contributed by atoms with E-state index in [0.29, 0.717) is 24.5 Å².